The Morgan fingerprint density at radius 1 is 1.33 bits per heavy atom. The van der Waals surface area contributed by atoms with Gasteiger partial charge in [-0.3, -0.25) is 0 Å². The maximum atomic E-state index is 10.8. The van der Waals surface area contributed by atoms with E-state index >= 15 is 0 Å². The van der Waals surface area contributed by atoms with Crippen LogP contribution in [0.5, 0.6) is 0 Å². The van der Waals surface area contributed by atoms with Crippen molar-refractivity contribution in [2.45, 2.75) is 50.8 Å². The van der Waals surface area contributed by atoms with E-state index in [1.807, 2.05) is 6.55 Å². The van der Waals surface area contributed by atoms with Gasteiger partial charge in [0.05, 0.1) is 12.7 Å². The summed E-state index contributed by atoms with van der Waals surface area (Å²) >= 11 is 0. The van der Waals surface area contributed by atoms with E-state index < -0.39 is 8.68 Å². The van der Waals surface area contributed by atoms with E-state index in [4.69, 9.17) is 4.74 Å². The molecule has 0 saturated carbocycles. The van der Waals surface area contributed by atoms with Crippen LogP contribution in [0.2, 0.25) is 12.6 Å². The third-order valence-corrected chi connectivity index (χ3v) is 3.26. The predicted molar refractivity (Wildman–Crippen MR) is 49.9 cm³/mol. The zero-order valence-electron chi connectivity index (χ0n) is 7.84. The Bertz CT molecular complexity index is 143. The van der Waals surface area contributed by atoms with E-state index in [0.717, 1.165) is 19.1 Å². The third-order valence-electron chi connectivity index (χ3n) is 2.21. The Balaban J connectivity index is 1.73. The normalized spacial score (nSPS) is 20.9. The van der Waals surface area contributed by atoms with Crippen molar-refractivity contribution in [1.82, 2.24) is 0 Å². The van der Waals surface area contributed by atoms with E-state index in [1.54, 1.807) is 0 Å². The monoisotopic (exact) mass is 186 g/mol. The molecule has 0 aromatic carbocycles. The molecule has 70 valence electrons. The summed E-state index contributed by atoms with van der Waals surface area (Å²) in [6.07, 6.45) is 6.80. The average molecular weight is 186 g/mol. The van der Waals surface area contributed by atoms with Gasteiger partial charge in [0.25, 0.3) is 8.68 Å². The van der Waals surface area contributed by atoms with Gasteiger partial charge in [0, 0.05) is 0 Å². The van der Waals surface area contributed by atoms with Gasteiger partial charge in [-0.1, -0.05) is 19.3 Å². The highest BCUT2D eigenvalue weighted by Gasteiger charge is 2.20. The van der Waals surface area contributed by atoms with Gasteiger partial charge in [-0.15, -0.1) is 0 Å². The minimum absolute atomic E-state index is 0.593. The molecule has 12 heavy (non-hydrogen) atoms. The Labute approximate surface area is 76.0 Å². The Morgan fingerprint density at radius 2 is 2.00 bits per heavy atom. The summed E-state index contributed by atoms with van der Waals surface area (Å²) in [7, 11) is -1.20. The molecule has 1 aliphatic heterocycles. The number of ether oxygens (including phenoxy) is 1. The van der Waals surface area contributed by atoms with Gasteiger partial charge in [0.2, 0.25) is 0 Å². The molecule has 3 heteroatoms. The highest BCUT2D eigenvalue weighted by Crippen LogP contribution is 2.17. The molecule has 2 nitrogen and oxygen atoms in total. The molecule has 1 atom stereocenters. The topological polar surface area (TPSA) is 29.6 Å². The fraction of sp³-hybridized carbons (Fsp3) is 1.00. The molecule has 1 rings (SSSR count). The van der Waals surface area contributed by atoms with E-state index in [0.29, 0.717) is 6.10 Å². The number of hydrogen-bond acceptors (Lipinski definition) is 2. The van der Waals surface area contributed by atoms with E-state index in [-0.39, 0.29) is 0 Å². The van der Waals surface area contributed by atoms with Crippen LogP contribution in [0, 0.1) is 0 Å². The molecule has 1 aliphatic rings. The second kappa shape index (κ2) is 5.59. The Morgan fingerprint density at radius 3 is 2.58 bits per heavy atom. The lowest BCUT2D eigenvalue weighted by atomic mass is 10.1. The standard InChI is InChI=1S/C9H18O2Si/c1-12(10)7-5-3-2-4-6-9-8-11-9/h9H,2-8H2,1H3. The number of rotatable bonds is 7. The van der Waals surface area contributed by atoms with Crippen molar-refractivity contribution in [2.75, 3.05) is 6.61 Å². The Kier molecular flexibility index (Phi) is 4.69. The highest BCUT2D eigenvalue weighted by molar-refractivity contribution is 6.40. The van der Waals surface area contributed by atoms with Crippen molar-refractivity contribution in [3.8, 4) is 0 Å². The van der Waals surface area contributed by atoms with Gasteiger partial charge in [-0.05, 0) is 25.4 Å². The number of unbranched alkanes of at least 4 members (excludes halogenated alkanes) is 3. The van der Waals surface area contributed by atoms with Crippen molar-refractivity contribution >= 4 is 8.68 Å². The largest absolute Gasteiger partial charge is 0.389 e. The molecule has 0 amide bonds. The fourth-order valence-corrected chi connectivity index (χ4v) is 2.08. The predicted octanol–water partition coefficient (Wildman–Crippen LogP) is 2.39. The van der Waals surface area contributed by atoms with Crippen LogP contribution in [0.15, 0.2) is 0 Å². The molecule has 1 heterocycles. The second-order valence-electron chi connectivity index (χ2n) is 3.61. The number of hydrogen-bond donors (Lipinski definition) is 0. The summed E-state index contributed by atoms with van der Waals surface area (Å²) in [5, 5.41) is 0. The van der Waals surface area contributed by atoms with Crippen molar-refractivity contribution in [2.24, 2.45) is 0 Å². The lowest BCUT2D eigenvalue weighted by molar-refractivity contribution is 0.388. The fourth-order valence-electron chi connectivity index (χ4n) is 1.33. The maximum absolute atomic E-state index is 10.8. The smallest absolute Gasteiger partial charge is 0.273 e. The quantitative estimate of drug-likeness (QED) is 0.347. The molecule has 1 unspecified atom stereocenters. The van der Waals surface area contributed by atoms with Crippen LogP contribution in [-0.2, 0) is 9.20 Å². The van der Waals surface area contributed by atoms with Crippen LogP contribution in [0.25, 0.3) is 0 Å². The van der Waals surface area contributed by atoms with E-state index in [1.165, 1.54) is 25.7 Å². The second-order valence-corrected chi connectivity index (χ2v) is 5.51. The highest BCUT2D eigenvalue weighted by atomic mass is 28.3. The lowest BCUT2D eigenvalue weighted by Crippen LogP contribution is -1.91. The van der Waals surface area contributed by atoms with Crippen LogP contribution in [0.1, 0.15) is 32.1 Å². The molecule has 0 aromatic heterocycles. The number of epoxide rings is 1. The molecule has 0 radical (unpaired) electrons. The van der Waals surface area contributed by atoms with Crippen molar-refractivity contribution in [3.05, 3.63) is 0 Å². The van der Waals surface area contributed by atoms with Crippen LogP contribution in [-0.4, -0.2) is 21.4 Å². The third kappa shape index (κ3) is 5.60. The molecule has 1 saturated heterocycles. The summed E-state index contributed by atoms with van der Waals surface area (Å²) in [6, 6.07) is 0.949. The molecular weight excluding hydrogens is 168 g/mol. The summed E-state index contributed by atoms with van der Waals surface area (Å²) < 4.78 is 15.9. The van der Waals surface area contributed by atoms with Gasteiger partial charge in [-0.25, -0.2) is 0 Å². The van der Waals surface area contributed by atoms with Gasteiger partial charge >= 0.3 is 0 Å². The molecular formula is C9H18O2Si. The van der Waals surface area contributed by atoms with Gasteiger partial charge in [0.15, 0.2) is 0 Å². The molecule has 1 fully saturated rings. The first-order valence-electron chi connectivity index (χ1n) is 4.90. The average Bonchev–Trinajstić information content (AvgIpc) is 2.79. The summed E-state index contributed by atoms with van der Waals surface area (Å²) in [6.45, 7) is 2.84. The van der Waals surface area contributed by atoms with Gasteiger partial charge in [0.1, 0.15) is 0 Å². The van der Waals surface area contributed by atoms with E-state index in [9.17, 15) is 4.46 Å². The van der Waals surface area contributed by atoms with Crippen LogP contribution >= 0.6 is 0 Å². The first-order chi connectivity index (χ1) is 5.79. The van der Waals surface area contributed by atoms with Crippen LogP contribution < -0.4 is 0 Å². The minimum Gasteiger partial charge on any atom is -0.389 e. The minimum atomic E-state index is -1.20. The molecule has 0 N–H and O–H groups in total. The zero-order valence-corrected chi connectivity index (χ0v) is 8.84. The molecule has 0 aliphatic carbocycles. The Hall–Kier alpha value is -0.0231. The zero-order chi connectivity index (χ0) is 8.81. The van der Waals surface area contributed by atoms with Gasteiger partial charge in [-0.2, -0.15) is 0 Å². The summed E-state index contributed by atoms with van der Waals surface area (Å²) in [5.41, 5.74) is 0. The van der Waals surface area contributed by atoms with E-state index in [2.05, 4.69) is 0 Å². The molecule has 0 bridgehead atoms. The molecule has 0 spiro atoms. The summed E-state index contributed by atoms with van der Waals surface area (Å²) in [4.78, 5) is 0. The first-order valence-corrected chi connectivity index (χ1v) is 7.01. The first kappa shape index (κ1) is 10.1. The maximum Gasteiger partial charge on any atom is 0.273 e. The lowest BCUT2D eigenvalue weighted by Gasteiger charge is -1.97. The van der Waals surface area contributed by atoms with Crippen molar-refractivity contribution < 1.29 is 9.20 Å². The van der Waals surface area contributed by atoms with Crippen LogP contribution in [0.4, 0.5) is 0 Å². The molecule has 0 aromatic rings. The van der Waals surface area contributed by atoms with Crippen molar-refractivity contribution in [3.63, 3.8) is 0 Å². The van der Waals surface area contributed by atoms with Gasteiger partial charge < -0.3 is 9.20 Å². The SMILES string of the molecule is C[Si](=O)CCCCCCC1CO1. The summed E-state index contributed by atoms with van der Waals surface area (Å²) in [5.74, 6) is 0. The van der Waals surface area contributed by atoms with Crippen molar-refractivity contribution in [1.29, 1.82) is 0 Å². The van der Waals surface area contributed by atoms with Crippen LogP contribution in [0.3, 0.4) is 0 Å².